The molecule has 3 aliphatic heterocycles. The monoisotopic (exact) mass is 415 g/mol. The molecule has 28 heavy (non-hydrogen) atoms. The molecule has 6 nitrogen and oxygen atoms in total. The summed E-state index contributed by atoms with van der Waals surface area (Å²) in [4.78, 5) is 14.3. The molecule has 2 fully saturated rings. The maximum absolute atomic E-state index is 14.8. The van der Waals surface area contributed by atoms with Crippen LogP contribution in [0.4, 0.5) is 23.4 Å². The molecule has 1 N–H and O–H groups in total. The summed E-state index contributed by atoms with van der Waals surface area (Å²) in [6.45, 7) is 1.73. The van der Waals surface area contributed by atoms with Crippen molar-refractivity contribution in [3.05, 3.63) is 11.5 Å². The largest absolute Gasteiger partial charge is 0.462 e. The Morgan fingerprint density at radius 2 is 2.00 bits per heavy atom. The van der Waals surface area contributed by atoms with E-state index in [1.807, 2.05) is 0 Å². The van der Waals surface area contributed by atoms with Gasteiger partial charge in [0.25, 0.3) is 0 Å². The number of thioether (sulfide) groups is 1. The van der Waals surface area contributed by atoms with Crippen LogP contribution < -0.4 is 15.0 Å². The number of alkyl halides is 3. The summed E-state index contributed by atoms with van der Waals surface area (Å²) in [6, 6.07) is -1.35. The van der Waals surface area contributed by atoms with Crippen molar-refractivity contribution in [1.29, 1.82) is 0 Å². The Balaban J connectivity index is 1.82. The number of halogens is 4. The molecule has 4 atom stereocenters. The Kier molecular flexibility index (Phi) is 3.93. The molecule has 0 unspecified atom stereocenters. The van der Waals surface area contributed by atoms with E-state index in [1.165, 1.54) is 18.7 Å². The quantitative estimate of drug-likeness (QED) is 0.437. The topological polar surface area (TPSA) is 63.2 Å². The minimum atomic E-state index is -4.62. The molecule has 150 valence electrons. The van der Waals surface area contributed by atoms with Gasteiger partial charge in [0.1, 0.15) is 16.7 Å². The third-order valence-electron chi connectivity index (χ3n) is 5.67. The average Bonchev–Trinajstić information content (AvgIpc) is 2.96. The second-order valence-corrected chi connectivity index (χ2v) is 8.12. The van der Waals surface area contributed by atoms with Gasteiger partial charge in [-0.15, -0.1) is 0 Å². The lowest BCUT2D eigenvalue weighted by Crippen LogP contribution is -2.66. The van der Waals surface area contributed by atoms with Crippen LogP contribution in [0.25, 0.3) is 10.9 Å². The highest BCUT2D eigenvalue weighted by Crippen LogP contribution is 2.45. The highest BCUT2D eigenvalue weighted by atomic mass is 32.2. The molecule has 5 rings (SSSR count). The van der Waals surface area contributed by atoms with Crippen LogP contribution >= 0.6 is 11.8 Å². The van der Waals surface area contributed by atoms with Crippen LogP contribution in [-0.4, -0.2) is 58.2 Å². The molecule has 2 aromatic rings. The number of aryl methyl sites for hydroxylation is 1. The van der Waals surface area contributed by atoms with Crippen LogP contribution in [0.2, 0.25) is 0 Å². The van der Waals surface area contributed by atoms with Gasteiger partial charge in [-0.3, -0.25) is 0 Å². The highest BCUT2D eigenvalue weighted by molar-refractivity contribution is 7.98. The maximum Gasteiger partial charge on any atom is 0.427 e. The van der Waals surface area contributed by atoms with Crippen LogP contribution in [0.15, 0.2) is 5.16 Å². The first-order valence-corrected chi connectivity index (χ1v) is 10.2. The molecule has 11 heteroatoms. The zero-order valence-corrected chi connectivity index (χ0v) is 15.9. The number of hydrogen-bond acceptors (Lipinski definition) is 7. The fraction of sp³-hybridized carbons (Fsp3) is 0.588. The van der Waals surface area contributed by atoms with Crippen LogP contribution in [0.3, 0.4) is 0 Å². The van der Waals surface area contributed by atoms with Gasteiger partial charge in [-0.2, -0.15) is 13.2 Å². The summed E-state index contributed by atoms with van der Waals surface area (Å²) < 4.78 is 62.3. The maximum atomic E-state index is 14.8. The first-order valence-electron chi connectivity index (χ1n) is 8.96. The van der Waals surface area contributed by atoms with Crippen molar-refractivity contribution >= 4 is 28.5 Å². The lowest BCUT2D eigenvalue weighted by atomic mass is 9.98. The molecule has 0 spiro atoms. The van der Waals surface area contributed by atoms with E-state index in [0.717, 1.165) is 6.42 Å². The van der Waals surface area contributed by atoms with E-state index in [4.69, 9.17) is 4.74 Å². The van der Waals surface area contributed by atoms with Crippen molar-refractivity contribution in [2.24, 2.45) is 0 Å². The molecule has 0 aromatic carbocycles. The number of piperazine rings is 1. The van der Waals surface area contributed by atoms with Gasteiger partial charge in [0.2, 0.25) is 12.0 Å². The van der Waals surface area contributed by atoms with Crippen molar-refractivity contribution in [2.75, 3.05) is 17.7 Å². The van der Waals surface area contributed by atoms with Crippen molar-refractivity contribution < 1.29 is 22.3 Å². The third kappa shape index (κ3) is 2.55. The summed E-state index contributed by atoms with van der Waals surface area (Å²) in [5, 5.41) is 3.67. The van der Waals surface area contributed by atoms with Crippen LogP contribution in [-0.2, 0) is 0 Å². The molecule has 2 bridgehead atoms. The fourth-order valence-electron chi connectivity index (χ4n) is 4.49. The summed E-state index contributed by atoms with van der Waals surface area (Å²) in [6.07, 6.45) is -3.59. The Morgan fingerprint density at radius 1 is 1.21 bits per heavy atom. The Hall–Kier alpha value is -1.88. The minimum absolute atomic E-state index is 0.0516. The summed E-state index contributed by atoms with van der Waals surface area (Å²) in [5.74, 6) is -0.656. The number of nitrogens with one attached hydrogen (secondary N) is 1. The molecule has 2 saturated heterocycles. The van der Waals surface area contributed by atoms with Gasteiger partial charge in [-0.05, 0) is 26.0 Å². The van der Waals surface area contributed by atoms with Crippen molar-refractivity contribution in [2.45, 2.75) is 55.3 Å². The smallest absolute Gasteiger partial charge is 0.427 e. The van der Waals surface area contributed by atoms with E-state index in [-0.39, 0.29) is 34.3 Å². The van der Waals surface area contributed by atoms with E-state index in [9.17, 15) is 17.6 Å². The molecule has 5 heterocycles. The predicted molar refractivity (Wildman–Crippen MR) is 95.4 cm³/mol. The van der Waals surface area contributed by atoms with Crippen molar-refractivity contribution in [3.63, 3.8) is 0 Å². The molecule has 0 saturated carbocycles. The number of anilines is 1. The number of fused-ring (bicyclic) bond motifs is 5. The molecular formula is C17H17F4N5OS. The molecular weight excluding hydrogens is 398 g/mol. The van der Waals surface area contributed by atoms with E-state index in [2.05, 4.69) is 20.3 Å². The molecule has 3 aliphatic rings. The van der Waals surface area contributed by atoms with Gasteiger partial charge in [0.15, 0.2) is 11.0 Å². The number of ether oxygens (including phenoxy) is 1. The van der Waals surface area contributed by atoms with Crippen LogP contribution in [0.1, 0.15) is 18.5 Å². The summed E-state index contributed by atoms with van der Waals surface area (Å²) in [7, 11) is 0. The number of hydrogen-bond donors (Lipinski definition) is 1. The van der Waals surface area contributed by atoms with E-state index in [1.54, 1.807) is 11.2 Å². The van der Waals surface area contributed by atoms with E-state index in [0.29, 0.717) is 18.1 Å². The highest BCUT2D eigenvalue weighted by Gasteiger charge is 2.57. The second-order valence-electron chi connectivity index (χ2n) is 7.34. The minimum Gasteiger partial charge on any atom is -0.462 e. The molecule has 0 radical (unpaired) electrons. The Morgan fingerprint density at radius 3 is 2.71 bits per heavy atom. The number of pyridine rings is 1. The van der Waals surface area contributed by atoms with E-state index < -0.39 is 30.2 Å². The van der Waals surface area contributed by atoms with Gasteiger partial charge in [-0.25, -0.2) is 19.3 Å². The van der Waals surface area contributed by atoms with Gasteiger partial charge in [0, 0.05) is 18.6 Å². The van der Waals surface area contributed by atoms with E-state index >= 15 is 0 Å². The summed E-state index contributed by atoms with van der Waals surface area (Å²) >= 11 is 1.21. The molecule has 2 aromatic heterocycles. The fourth-order valence-corrected chi connectivity index (χ4v) is 4.85. The van der Waals surface area contributed by atoms with Crippen molar-refractivity contribution in [1.82, 2.24) is 20.3 Å². The summed E-state index contributed by atoms with van der Waals surface area (Å²) in [5.41, 5.74) is -0.107. The number of rotatable bonds is 1. The Bertz CT molecular complexity index is 971. The van der Waals surface area contributed by atoms with Crippen molar-refractivity contribution in [3.8, 4) is 5.88 Å². The van der Waals surface area contributed by atoms with Gasteiger partial charge in [0.05, 0.1) is 11.7 Å². The lowest BCUT2D eigenvalue weighted by Gasteiger charge is -2.43. The van der Waals surface area contributed by atoms with Crippen LogP contribution in [0.5, 0.6) is 5.88 Å². The first kappa shape index (κ1) is 18.2. The molecule has 0 amide bonds. The average molecular weight is 415 g/mol. The zero-order valence-electron chi connectivity index (χ0n) is 15.0. The SMILES string of the molecule is CSc1nc2c3c(nc(C)c(F)c3n1)O[C@H](C(F)(F)F)[C@@H]1[C@@H]3CC[C@H](CN21)N3. The standard InChI is InChI=1S/C17H17F4N5OS/c1-6-10(18)11-9-14(25-16(24-11)28-2)26-5-7-3-4-8(23-7)12(26)13(17(19,20)21)27-15(9)22-6/h7-8,12-13,23H,3-5H2,1-2H3/t7-,8+,12+,13+/m1/s1. The van der Waals surface area contributed by atoms with Gasteiger partial charge < -0.3 is 15.0 Å². The zero-order chi connectivity index (χ0) is 19.8. The third-order valence-corrected chi connectivity index (χ3v) is 6.22. The van der Waals surface area contributed by atoms with Gasteiger partial charge in [-0.1, -0.05) is 11.8 Å². The number of aromatic nitrogens is 3. The van der Waals surface area contributed by atoms with Gasteiger partial charge >= 0.3 is 6.18 Å². The predicted octanol–water partition coefficient (Wildman–Crippen LogP) is 2.83. The second kappa shape index (κ2) is 6.06. The normalized spacial score (nSPS) is 28.9. The molecule has 0 aliphatic carbocycles. The lowest BCUT2D eigenvalue weighted by molar-refractivity contribution is -0.203. The first-order chi connectivity index (χ1) is 13.3. The Labute approximate surface area is 162 Å². The number of nitrogens with zero attached hydrogens (tertiary/aromatic N) is 4. The van der Waals surface area contributed by atoms with Crippen LogP contribution in [0, 0.1) is 12.7 Å².